The zero-order valence-corrected chi connectivity index (χ0v) is 48.9. The number of carboxylic acids is 1. The maximum absolute atomic E-state index is 12.9. The van der Waals surface area contributed by atoms with Gasteiger partial charge in [-0.1, -0.05) is 239 Å². The van der Waals surface area contributed by atoms with E-state index in [1.807, 2.05) is 21.1 Å². The minimum absolute atomic E-state index is 0.140. The van der Waals surface area contributed by atoms with Crippen molar-refractivity contribution in [2.45, 2.75) is 257 Å². The number of unbranched alkanes of at least 4 members (excludes halogenated alkanes) is 24. The number of hydrogen-bond acceptors (Lipinski definition) is 8. The van der Waals surface area contributed by atoms with Crippen LogP contribution in [0.3, 0.4) is 0 Å². The Morgan fingerprint density at radius 1 is 0.400 bits per heavy atom. The number of carboxylic acid groups (broad SMARTS) is 1. The summed E-state index contributed by atoms with van der Waals surface area (Å²) < 4.78 is 22.7. The third-order valence-electron chi connectivity index (χ3n) is 12.8. The SMILES string of the molecule is CC/C=C\C/C=C\C/C=C\C/C=C\CCCCCCCCCCCCCCCCCCCCCCC(=O)OC(COC(=O)CCCCCC/C=C\C/C=C\C/C=C\C/C=C\CC)COC(OCC[N+](C)(C)C)C(=O)[O-]. The molecule has 430 valence electrons. The van der Waals surface area contributed by atoms with Gasteiger partial charge in [-0.05, 0) is 89.9 Å². The fourth-order valence-corrected chi connectivity index (χ4v) is 8.23. The molecule has 0 rings (SSSR count). The molecule has 0 amide bonds. The molecule has 9 heteroatoms. The van der Waals surface area contributed by atoms with E-state index in [1.54, 1.807) is 0 Å². The van der Waals surface area contributed by atoms with Gasteiger partial charge in [0.15, 0.2) is 12.4 Å². The molecule has 2 atom stereocenters. The number of carbonyl (C=O) groups is 3. The van der Waals surface area contributed by atoms with Gasteiger partial charge in [-0.15, -0.1) is 0 Å². The van der Waals surface area contributed by atoms with E-state index in [0.29, 0.717) is 23.9 Å². The van der Waals surface area contributed by atoms with Crippen LogP contribution in [-0.4, -0.2) is 82.3 Å². The molecule has 0 radical (unpaired) electrons. The zero-order valence-electron chi connectivity index (χ0n) is 48.9. The highest BCUT2D eigenvalue weighted by molar-refractivity contribution is 5.70. The average molecular weight is 1050 g/mol. The van der Waals surface area contributed by atoms with Gasteiger partial charge >= 0.3 is 11.9 Å². The maximum Gasteiger partial charge on any atom is 0.306 e. The summed E-state index contributed by atoms with van der Waals surface area (Å²) in [6.07, 6.45) is 73.3. The second kappa shape index (κ2) is 56.4. The highest BCUT2D eigenvalue weighted by Crippen LogP contribution is 2.16. The van der Waals surface area contributed by atoms with Crippen molar-refractivity contribution >= 4 is 17.9 Å². The topological polar surface area (TPSA) is 111 Å². The summed E-state index contributed by atoms with van der Waals surface area (Å²) >= 11 is 0. The summed E-state index contributed by atoms with van der Waals surface area (Å²) in [4.78, 5) is 37.3. The highest BCUT2D eigenvalue weighted by Gasteiger charge is 2.22. The van der Waals surface area contributed by atoms with Crippen LogP contribution in [0.25, 0.3) is 0 Å². The van der Waals surface area contributed by atoms with E-state index in [0.717, 1.165) is 96.3 Å². The Balaban J connectivity index is 4.13. The van der Waals surface area contributed by atoms with Gasteiger partial charge in [-0.3, -0.25) is 9.59 Å². The molecule has 0 bridgehead atoms. The Bertz CT molecular complexity index is 1550. The quantitative estimate of drug-likeness (QED) is 0.0195. The molecule has 0 fully saturated rings. The van der Waals surface area contributed by atoms with Crippen LogP contribution < -0.4 is 5.11 Å². The number of esters is 2. The largest absolute Gasteiger partial charge is 0.545 e. The van der Waals surface area contributed by atoms with E-state index >= 15 is 0 Å². The lowest BCUT2D eigenvalue weighted by Crippen LogP contribution is -2.44. The molecule has 0 aromatic heterocycles. The summed E-state index contributed by atoms with van der Waals surface area (Å²) in [5.74, 6) is -2.31. The highest BCUT2D eigenvalue weighted by atomic mass is 16.7. The van der Waals surface area contributed by atoms with Gasteiger partial charge in [0.2, 0.25) is 0 Å². The van der Waals surface area contributed by atoms with E-state index in [9.17, 15) is 19.5 Å². The van der Waals surface area contributed by atoms with Crippen molar-refractivity contribution in [3.8, 4) is 0 Å². The lowest BCUT2D eigenvalue weighted by atomic mass is 10.0. The van der Waals surface area contributed by atoms with Crippen LogP contribution in [-0.2, 0) is 33.3 Å². The van der Waals surface area contributed by atoms with Gasteiger partial charge in [0.05, 0.1) is 40.3 Å². The first-order valence-electron chi connectivity index (χ1n) is 30.4. The molecule has 0 saturated carbocycles. The molecule has 75 heavy (non-hydrogen) atoms. The standard InChI is InChI=1S/C66H113NO8/c1-6-8-10-12-14-16-18-20-22-24-25-26-27-28-29-30-31-32-33-34-35-36-37-38-39-41-43-45-47-49-51-53-55-57-64(69)75-62(61-74-66(65(70)71)72-59-58-67(3,4)5)60-73-63(68)56-54-52-50-48-46-44-42-40-23-21-19-17-15-13-11-9-7-2/h8-11,14-17,20-23,25-26,42,44,62,66H,6-7,12-13,18-19,24,27-41,43,45-61H2,1-5H3/b10-8-,11-9-,16-14-,17-15-,22-20-,23-21-,26-25-,44-42-. The third kappa shape index (κ3) is 57.7. The van der Waals surface area contributed by atoms with Gasteiger partial charge < -0.3 is 33.3 Å². The minimum Gasteiger partial charge on any atom is -0.545 e. The second-order valence-corrected chi connectivity index (χ2v) is 21.2. The number of rotatable bonds is 55. The summed E-state index contributed by atoms with van der Waals surface area (Å²) in [6.45, 7) is 4.50. The summed E-state index contributed by atoms with van der Waals surface area (Å²) in [6, 6.07) is 0. The zero-order chi connectivity index (χ0) is 54.8. The second-order valence-electron chi connectivity index (χ2n) is 21.2. The minimum atomic E-state index is -1.63. The van der Waals surface area contributed by atoms with Crippen molar-refractivity contribution in [1.29, 1.82) is 0 Å². The van der Waals surface area contributed by atoms with E-state index in [1.165, 1.54) is 109 Å². The number of ether oxygens (including phenoxy) is 4. The summed E-state index contributed by atoms with van der Waals surface area (Å²) in [5, 5.41) is 11.8. The monoisotopic (exact) mass is 1050 g/mol. The molecule has 0 aromatic rings. The first-order valence-corrected chi connectivity index (χ1v) is 30.4. The van der Waals surface area contributed by atoms with Crippen molar-refractivity contribution in [3.63, 3.8) is 0 Å². The van der Waals surface area contributed by atoms with Gasteiger partial charge in [-0.2, -0.15) is 0 Å². The third-order valence-corrected chi connectivity index (χ3v) is 12.8. The fourth-order valence-electron chi connectivity index (χ4n) is 8.23. The van der Waals surface area contributed by atoms with Crippen LogP contribution in [0.2, 0.25) is 0 Å². The first kappa shape index (κ1) is 71.2. The van der Waals surface area contributed by atoms with Gasteiger partial charge in [0.1, 0.15) is 13.2 Å². The number of nitrogens with zero attached hydrogens (tertiary/aromatic N) is 1. The number of carbonyl (C=O) groups excluding carboxylic acids is 3. The Hall–Kier alpha value is -3.79. The Morgan fingerprint density at radius 3 is 1.07 bits per heavy atom. The molecule has 0 heterocycles. The van der Waals surface area contributed by atoms with Gasteiger partial charge in [-0.25, -0.2) is 0 Å². The van der Waals surface area contributed by atoms with Gasteiger partial charge in [0.25, 0.3) is 0 Å². The van der Waals surface area contributed by atoms with Crippen LogP contribution in [0.5, 0.6) is 0 Å². The van der Waals surface area contributed by atoms with Crippen molar-refractivity contribution < 1.29 is 42.9 Å². The lowest BCUT2D eigenvalue weighted by Gasteiger charge is -2.26. The predicted octanol–water partition coefficient (Wildman–Crippen LogP) is 16.8. The first-order chi connectivity index (χ1) is 36.6. The number of quaternary nitrogens is 1. The Labute approximate surface area is 461 Å². The molecular formula is C66H113NO8. The predicted molar refractivity (Wildman–Crippen MR) is 315 cm³/mol. The van der Waals surface area contributed by atoms with E-state index < -0.39 is 24.3 Å². The molecular weight excluding hydrogens is 935 g/mol. The molecule has 0 aliphatic heterocycles. The smallest absolute Gasteiger partial charge is 0.306 e. The molecule has 0 saturated heterocycles. The average Bonchev–Trinajstić information content (AvgIpc) is 3.38. The molecule has 0 aliphatic rings. The van der Waals surface area contributed by atoms with Crippen LogP contribution in [0, 0.1) is 0 Å². The van der Waals surface area contributed by atoms with Crippen molar-refractivity contribution in [3.05, 3.63) is 97.2 Å². The van der Waals surface area contributed by atoms with Crippen LogP contribution >= 0.6 is 0 Å². The molecule has 2 unspecified atom stereocenters. The molecule has 0 N–H and O–H groups in total. The van der Waals surface area contributed by atoms with Crippen LogP contribution in [0.4, 0.5) is 0 Å². The Morgan fingerprint density at radius 2 is 0.720 bits per heavy atom. The van der Waals surface area contributed by atoms with Crippen LogP contribution in [0.15, 0.2) is 97.2 Å². The van der Waals surface area contributed by atoms with Crippen molar-refractivity contribution in [1.82, 2.24) is 0 Å². The molecule has 0 spiro atoms. The molecule has 9 nitrogen and oxygen atoms in total. The fraction of sp³-hybridized carbons (Fsp3) is 0.712. The molecule has 0 aliphatic carbocycles. The van der Waals surface area contributed by atoms with Gasteiger partial charge in [0, 0.05) is 12.8 Å². The van der Waals surface area contributed by atoms with Crippen LogP contribution in [0.1, 0.15) is 245 Å². The lowest BCUT2D eigenvalue weighted by molar-refractivity contribution is -0.870. The summed E-state index contributed by atoms with van der Waals surface area (Å²) in [7, 11) is 5.91. The van der Waals surface area contributed by atoms with E-state index in [-0.39, 0.29) is 38.6 Å². The summed E-state index contributed by atoms with van der Waals surface area (Å²) in [5.41, 5.74) is 0. The van der Waals surface area contributed by atoms with Crippen molar-refractivity contribution in [2.75, 3.05) is 47.5 Å². The van der Waals surface area contributed by atoms with E-state index in [4.69, 9.17) is 18.9 Å². The Kier molecular flexibility index (Phi) is 53.6. The number of hydrogen-bond donors (Lipinski definition) is 0. The molecule has 0 aromatic carbocycles. The van der Waals surface area contributed by atoms with E-state index in [2.05, 4.69) is 111 Å². The normalized spacial score (nSPS) is 13.5. The van der Waals surface area contributed by atoms with Crippen molar-refractivity contribution in [2.24, 2.45) is 0 Å². The number of likely N-dealkylation sites (N-methyl/N-ethyl adjacent to an activating group) is 1. The maximum atomic E-state index is 12.9. The number of allylic oxidation sites excluding steroid dienone is 16. The number of aliphatic carboxylic acids is 1.